The van der Waals surface area contributed by atoms with Crippen molar-refractivity contribution in [3.05, 3.63) is 43.1 Å². The summed E-state index contributed by atoms with van der Waals surface area (Å²) in [5.41, 5.74) is 2.08. The molecular formula is C22H25N3O4S2. The van der Waals surface area contributed by atoms with Gasteiger partial charge >= 0.3 is 5.97 Å². The highest BCUT2D eigenvalue weighted by atomic mass is 32.1. The lowest BCUT2D eigenvalue weighted by molar-refractivity contribution is -0.116. The Morgan fingerprint density at radius 1 is 1.32 bits per heavy atom. The van der Waals surface area contributed by atoms with Crippen molar-refractivity contribution < 1.29 is 14.3 Å². The molecule has 0 unspecified atom stereocenters. The van der Waals surface area contributed by atoms with Crippen LogP contribution in [0.3, 0.4) is 0 Å². The monoisotopic (exact) mass is 459 g/mol. The zero-order valence-electron chi connectivity index (χ0n) is 18.0. The van der Waals surface area contributed by atoms with Crippen LogP contribution in [0.15, 0.2) is 11.1 Å². The Hall–Kier alpha value is -2.52. The first-order chi connectivity index (χ1) is 14.8. The van der Waals surface area contributed by atoms with E-state index in [0.717, 1.165) is 40.1 Å². The lowest BCUT2D eigenvalue weighted by atomic mass is 9.89. The smallest absolute Gasteiger partial charge is 0.341 e. The molecule has 4 rings (SSSR count). The number of esters is 1. The van der Waals surface area contributed by atoms with Gasteiger partial charge in [0.15, 0.2) is 0 Å². The van der Waals surface area contributed by atoms with Crippen molar-refractivity contribution in [3.8, 4) is 0 Å². The first-order valence-corrected chi connectivity index (χ1v) is 12.0. The summed E-state index contributed by atoms with van der Waals surface area (Å²) in [7, 11) is 0. The van der Waals surface area contributed by atoms with Gasteiger partial charge in [0.1, 0.15) is 16.4 Å². The number of carbonyl (C=O) groups is 2. The molecule has 1 amide bonds. The minimum Gasteiger partial charge on any atom is -0.462 e. The lowest BCUT2D eigenvalue weighted by Crippen LogP contribution is -2.28. The van der Waals surface area contributed by atoms with E-state index in [4.69, 9.17) is 4.74 Å². The van der Waals surface area contributed by atoms with Crippen molar-refractivity contribution in [2.75, 3.05) is 11.9 Å². The molecule has 3 heterocycles. The Morgan fingerprint density at radius 3 is 2.84 bits per heavy atom. The Balaban J connectivity index is 1.60. The number of rotatable bonds is 5. The molecule has 0 fully saturated rings. The number of anilines is 1. The summed E-state index contributed by atoms with van der Waals surface area (Å²) >= 11 is 2.91. The molecule has 0 bridgehead atoms. The maximum absolute atomic E-state index is 13.1. The van der Waals surface area contributed by atoms with Gasteiger partial charge in [0, 0.05) is 9.75 Å². The fraction of sp³-hybridized carbons (Fsp3) is 0.455. The Labute approximate surface area is 188 Å². The van der Waals surface area contributed by atoms with Gasteiger partial charge in [0.25, 0.3) is 5.56 Å². The van der Waals surface area contributed by atoms with Gasteiger partial charge in [-0.15, -0.1) is 22.7 Å². The molecule has 9 heteroatoms. The van der Waals surface area contributed by atoms with Crippen molar-refractivity contribution in [1.82, 2.24) is 9.55 Å². The molecule has 0 aromatic carbocycles. The summed E-state index contributed by atoms with van der Waals surface area (Å²) in [6.45, 7) is 7.77. The zero-order chi connectivity index (χ0) is 22.3. The molecule has 31 heavy (non-hydrogen) atoms. The fourth-order valence-corrected chi connectivity index (χ4v) is 6.37. The first kappa shape index (κ1) is 21.7. The van der Waals surface area contributed by atoms with Gasteiger partial charge in [-0.3, -0.25) is 14.2 Å². The van der Waals surface area contributed by atoms with Crippen LogP contribution in [0.25, 0.3) is 10.2 Å². The second kappa shape index (κ2) is 8.55. The van der Waals surface area contributed by atoms with E-state index in [9.17, 15) is 14.4 Å². The lowest BCUT2D eigenvalue weighted by Gasteiger charge is -2.17. The van der Waals surface area contributed by atoms with E-state index in [2.05, 4.69) is 17.2 Å². The number of carbonyl (C=O) groups excluding carboxylic acids is 2. The minimum atomic E-state index is -0.459. The number of amides is 1. The highest BCUT2D eigenvalue weighted by Crippen LogP contribution is 2.36. The van der Waals surface area contributed by atoms with E-state index in [1.54, 1.807) is 18.3 Å². The Bertz CT molecular complexity index is 1240. The largest absolute Gasteiger partial charge is 0.462 e. The summed E-state index contributed by atoms with van der Waals surface area (Å²) < 4.78 is 6.48. The van der Waals surface area contributed by atoms with E-state index < -0.39 is 5.97 Å². The van der Waals surface area contributed by atoms with E-state index in [0.29, 0.717) is 21.9 Å². The van der Waals surface area contributed by atoms with Crippen LogP contribution in [0.2, 0.25) is 0 Å². The van der Waals surface area contributed by atoms with E-state index in [1.165, 1.54) is 27.1 Å². The Kier molecular flexibility index (Phi) is 5.98. The normalized spacial score (nSPS) is 15.7. The van der Waals surface area contributed by atoms with Crippen LogP contribution in [-0.4, -0.2) is 28.0 Å². The van der Waals surface area contributed by atoms with Gasteiger partial charge in [-0.05, 0) is 57.1 Å². The summed E-state index contributed by atoms with van der Waals surface area (Å²) in [5.74, 6) is -0.230. The maximum atomic E-state index is 13.1. The molecule has 0 aliphatic heterocycles. The molecule has 0 spiro atoms. The number of aryl methyl sites for hydroxylation is 2. The van der Waals surface area contributed by atoms with Crippen molar-refractivity contribution in [3.63, 3.8) is 0 Å². The zero-order valence-corrected chi connectivity index (χ0v) is 19.7. The molecule has 3 aromatic heterocycles. The van der Waals surface area contributed by atoms with E-state index in [-0.39, 0.29) is 24.6 Å². The predicted molar refractivity (Wildman–Crippen MR) is 123 cm³/mol. The predicted octanol–water partition coefficient (Wildman–Crippen LogP) is 4.08. The van der Waals surface area contributed by atoms with Gasteiger partial charge in [0.05, 0.1) is 23.9 Å². The molecule has 7 nitrogen and oxygen atoms in total. The van der Waals surface area contributed by atoms with Gasteiger partial charge in [-0.25, -0.2) is 9.78 Å². The molecule has 1 atom stereocenters. The fourth-order valence-electron chi connectivity index (χ4n) is 3.96. The summed E-state index contributed by atoms with van der Waals surface area (Å²) in [4.78, 5) is 45.6. The van der Waals surface area contributed by atoms with Crippen LogP contribution in [0.4, 0.5) is 5.00 Å². The average Bonchev–Trinajstić information content (AvgIpc) is 3.21. The molecule has 3 aromatic rings. The molecule has 1 N–H and O–H groups in total. The van der Waals surface area contributed by atoms with E-state index in [1.807, 2.05) is 13.8 Å². The summed E-state index contributed by atoms with van der Waals surface area (Å²) in [6, 6.07) is 0. The van der Waals surface area contributed by atoms with Gasteiger partial charge in [-0.1, -0.05) is 6.92 Å². The first-order valence-electron chi connectivity index (χ1n) is 10.4. The second-order valence-corrected chi connectivity index (χ2v) is 10.3. The molecule has 164 valence electrons. The standard InChI is InChI=1S/C22H25N3O4S2/c1-5-29-22(28)17-12(3)13(4)30-20(17)24-16(26)9-25-10-23-19-18(21(25)27)14-7-6-11(2)8-15(14)31-19/h10-11H,5-9H2,1-4H3,(H,24,26)/t11-/m1/s1. The van der Waals surface area contributed by atoms with Crippen molar-refractivity contribution in [2.24, 2.45) is 5.92 Å². The van der Waals surface area contributed by atoms with E-state index >= 15 is 0 Å². The van der Waals surface area contributed by atoms with Crippen LogP contribution in [0.5, 0.6) is 0 Å². The third-order valence-corrected chi connectivity index (χ3v) is 8.00. The number of ether oxygens (including phenoxy) is 1. The van der Waals surface area contributed by atoms with Gasteiger partial charge < -0.3 is 10.1 Å². The molecular weight excluding hydrogens is 434 g/mol. The number of nitrogens with zero attached hydrogens (tertiary/aromatic N) is 2. The molecule has 0 saturated heterocycles. The third kappa shape index (κ3) is 4.04. The molecule has 1 aliphatic carbocycles. The molecule has 1 aliphatic rings. The van der Waals surface area contributed by atoms with Crippen LogP contribution < -0.4 is 10.9 Å². The van der Waals surface area contributed by atoms with Crippen molar-refractivity contribution >= 4 is 49.8 Å². The SMILES string of the molecule is CCOC(=O)c1c(NC(=O)Cn2cnc3sc4c(c3c2=O)CC[C@@H](C)C4)sc(C)c1C. The topological polar surface area (TPSA) is 90.3 Å². The number of hydrogen-bond acceptors (Lipinski definition) is 7. The van der Waals surface area contributed by atoms with Crippen molar-refractivity contribution in [1.29, 1.82) is 0 Å². The molecule has 0 saturated carbocycles. The highest BCUT2D eigenvalue weighted by Gasteiger charge is 2.25. The van der Waals surface area contributed by atoms with Crippen LogP contribution in [0.1, 0.15) is 51.5 Å². The van der Waals surface area contributed by atoms with Crippen LogP contribution in [0, 0.1) is 19.8 Å². The number of aromatic nitrogens is 2. The Morgan fingerprint density at radius 2 is 2.10 bits per heavy atom. The number of fused-ring (bicyclic) bond motifs is 3. The molecule has 0 radical (unpaired) electrons. The minimum absolute atomic E-state index is 0.166. The summed E-state index contributed by atoms with van der Waals surface area (Å²) in [5, 5.41) is 3.89. The third-order valence-electron chi connectivity index (χ3n) is 5.71. The van der Waals surface area contributed by atoms with Gasteiger partial charge in [0.2, 0.25) is 5.91 Å². The van der Waals surface area contributed by atoms with Crippen LogP contribution >= 0.6 is 22.7 Å². The second-order valence-electron chi connectivity index (χ2n) is 7.97. The van der Waals surface area contributed by atoms with Crippen molar-refractivity contribution in [2.45, 2.75) is 53.5 Å². The number of hydrogen-bond donors (Lipinski definition) is 1. The average molecular weight is 460 g/mol. The highest BCUT2D eigenvalue weighted by molar-refractivity contribution is 7.18. The van der Waals surface area contributed by atoms with Gasteiger partial charge in [-0.2, -0.15) is 0 Å². The summed E-state index contributed by atoms with van der Waals surface area (Å²) in [6.07, 6.45) is 4.35. The number of thiophene rings is 2. The number of nitrogens with one attached hydrogen (secondary N) is 1. The van der Waals surface area contributed by atoms with Crippen LogP contribution in [-0.2, 0) is 28.9 Å². The maximum Gasteiger partial charge on any atom is 0.341 e. The quantitative estimate of drug-likeness (QED) is 0.581.